The number of benzene rings is 2. The highest BCUT2D eigenvalue weighted by Gasteiger charge is 2.37. The number of carbonyl (C=O) groups excluding carboxylic acids is 2. The molecule has 0 saturated carbocycles. The van der Waals surface area contributed by atoms with E-state index in [1.54, 1.807) is 0 Å². The predicted molar refractivity (Wildman–Crippen MR) is 124 cm³/mol. The Morgan fingerprint density at radius 3 is 2.58 bits per heavy atom. The third-order valence-corrected chi connectivity index (χ3v) is 7.01. The van der Waals surface area contributed by atoms with Gasteiger partial charge in [-0.25, -0.2) is 0 Å². The molecule has 0 bridgehead atoms. The highest BCUT2D eigenvalue weighted by Crippen LogP contribution is 2.32. The highest BCUT2D eigenvalue weighted by atomic mass is 35.5. The van der Waals surface area contributed by atoms with E-state index < -0.39 is 6.04 Å². The molecule has 2 heterocycles. The first-order chi connectivity index (χ1) is 14.9. The van der Waals surface area contributed by atoms with Gasteiger partial charge in [-0.05, 0) is 60.9 Å². The largest absolute Gasteiger partial charge is 0.341 e. The van der Waals surface area contributed by atoms with Crippen molar-refractivity contribution >= 4 is 29.1 Å². The summed E-state index contributed by atoms with van der Waals surface area (Å²) in [6, 6.07) is 13.2. The number of anilines is 1. The lowest BCUT2D eigenvalue weighted by molar-refractivity contribution is -0.139. The van der Waals surface area contributed by atoms with Gasteiger partial charge in [-0.2, -0.15) is 0 Å². The van der Waals surface area contributed by atoms with Crippen LogP contribution in [0.2, 0.25) is 5.02 Å². The van der Waals surface area contributed by atoms with Crippen LogP contribution in [0, 0.1) is 12.8 Å². The van der Waals surface area contributed by atoms with Gasteiger partial charge >= 0.3 is 0 Å². The molecule has 0 aromatic heterocycles. The summed E-state index contributed by atoms with van der Waals surface area (Å²) in [4.78, 5) is 30.5. The number of amides is 2. The van der Waals surface area contributed by atoms with Crippen LogP contribution in [0.4, 0.5) is 5.69 Å². The summed E-state index contributed by atoms with van der Waals surface area (Å²) in [5.74, 6) is 0.645. The van der Waals surface area contributed by atoms with Gasteiger partial charge in [-0.15, -0.1) is 0 Å². The fourth-order valence-electron chi connectivity index (χ4n) is 4.60. The molecule has 2 aromatic rings. The first-order valence-corrected chi connectivity index (χ1v) is 11.5. The lowest BCUT2D eigenvalue weighted by atomic mass is 9.90. The minimum Gasteiger partial charge on any atom is -0.341 e. The molecule has 6 heteroatoms. The quantitative estimate of drug-likeness (QED) is 0.765. The summed E-state index contributed by atoms with van der Waals surface area (Å²) >= 11 is 6.19. The Balaban J connectivity index is 1.54. The Morgan fingerprint density at radius 2 is 1.81 bits per heavy atom. The van der Waals surface area contributed by atoms with Crippen LogP contribution < -0.4 is 5.32 Å². The van der Waals surface area contributed by atoms with Gasteiger partial charge in [0.1, 0.15) is 6.04 Å². The van der Waals surface area contributed by atoms with E-state index in [9.17, 15) is 9.59 Å². The van der Waals surface area contributed by atoms with Gasteiger partial charge in [0.2, 0.25) is 11.8 Å². The maximum absolute atomic E-state index is 13.6. The van der Waals surface area contributed by atoms with Crippen LogP contribution in [0.3, 0.4) is 0 Å². The molecular weight excluding hydrogens is 410 g/mol. The van der Waals surface area contributed by atoms with E-state index in [-0.39, 0.29) is 18.4 Å². The number of hydrogen-bond donors (Lipinski definition) is 1. The van der Waals surface area contributed by atoms with Crippen molar-refractivity contribution in [2.24, 2.45) is 5.92 Å². The monoisotopic (exact) mass is 439 g/mol. The predicted octanol–water partition coefficient (Wildman–Crippen LogP) is 4.44. The van der Waals surface area contributed by atoms with Crippen LogP contribution in [0.5, 0.6) is 0 Å². The fraction of sp³-hybridized carbons (Fsp3) is 0.440. The van der Waals surface area contributed by atoms with E-state index in [0.29, 0.717) is 23.2 Å². The van der Waals surface area contributed by atoms with Gasteiger partial charge in [0.25, 0.3) is 0 Å². The van der Waals surface area contributed by atoms with Crippen molar-refractivity contribution in [1.29, 1.82) is 0 Å². The Labute approximate surface area is 189 Å². The van der Waals surface area contributed by atoms with Crippen molar-refractivity contribution in [1.82, 2.24) is 9.80 Å². The van der Waals surface area contributed by atoms with Crippen molar-refractivity contribution in [3.63, 3.8) is 0 Å². The maximum atomic E-state index is 13.6. The number of piperidine rings is 1. The molecule has 1 fully saturated rings. The molecule has 4 rings (SSSR count). The van der Waals surface area contributed by atoms with Crippen LogP contribution in [-0.4, -0.2) is 47.8 Å². The first-order valence-electron chi connectivity index (χ1n) is 11.1. The second-order valence-corrected chi connectivity index (χ2v) is 9.20. The van der Waals surface area contributed by atoms with E-state index in [0.717, 1.165) is 43.5 Å². The van der Waals surface area contributed by atoms with Gasteiger partial charge in [0.15, 0.2) is 0 Å². The van der Waals surface area contributed by atoms with E-state index in [4.69, 9.17) is 11.6 Å². The average Bonchev–Trinajstić information content (AvgIpc) is 2.77. The number of nitrogens with one attached hydrogen (secondary N) is 1. The van der Waals surface area contributed by atoms with E-state index in [1.807, 2.05) is 53.1 Å². The molecule has 1 saturated heterocycles. The number of carbonyl (C=O) groups is 2. The molecule has 2 amide bonds. The zero-order chi connectivity index (χ0) is 22.0. The Morgan fingerprint density at radius 1 is 1.06 bits per heavy atom. The van der Waals surface area contributed by atoms with E-state index >= 15 is 0 Å². The second-order valence-electron chi connectivity index (χ2n) is 8.79. The smallest absolute Gasteiger partial charge is 0.244 e. The first kappa shape index (κ1) is 21.8. The molecule has 164 valence electrons. The topological polar surface area (TPSA) is 52.7 Å². The van der Waals surface area contributed by atoms with Crippen LogP contribution >= 0.6 is 11.6 Å². The van der Waals surface area contributed by atoms with Crippen LogP contribution in [0.15, 0.2) is 42.5 Å². The molecule has 2 aliphatic heterocycles. The highest BCUT2D eigenvalue weighted by molar-refractivity contribution is 6.31. The fourth-order valence-corrected chi connectivity index (χ4v) is 4.77. The Kier molecular flexibility index (Phi) is 6.63. The summed E-state index contributed by atoms with van der Waals surface area (Å²) in [5.41, 5.74) is 3.79. The van der Waals surface area contributed by atoms with Crippen LogP contribution in [-0.2, 0) is 16.0 Å². The normalized spacial score (nSPS) is 19.7. The second kappa shape index (κ2) is 9.41. The van der Waals surface area contributed by atoms with Crippen LogP contribution in [0.25, 0.3) is 0 Å². The molecule has 31 heavy (non-hydrogen) atoms. The number of nitrogens with zero attached hydrogens (tertiary/aromatic N) is 2. The maximum Gasteiger partial charge on any atom is 0.244 e. The zero-order valence-electron chi connectivity index (χ0n) is 18.2. The molecule has 1 atom stereocenters. The van der Waals surface area contributed by atoms with Crippen molar-refractivity contribution in [2.45, 2.75) is 39.2 Å². The van der Waals surface area contributed by atoms with Crippen molar-refractivity contribution in [3.8, 4) is 0 Å². The molecule has 0 aliphatic carbocycles. The lowest BCUT2D eigenvalue weighted by Gasteiger charge is -2.40. The van der Waals surface area contributed by atoms with E-state index in [2.05, 4.69) is 18.3 Å². The molecule has 1 N–H and O–H groups in total. The third-order valence-electron chi connectivity index (χ3n) is 6.60. The molecule has 2 aliphatic rings. The van der Waals surface area contributed by atoms with Crippen LogP contribution in [0.1, 0.15) is 42.5 Å². The van der Waals surface area contributed by atoms with Gasteiger partial charge in [-0.3, -0.25) is 14.5 Å². The summed E-state index contributed by atoms with van der Waals surface area (Å²) < 4.78 is 0. The molecule has 0 unspecified atom stereocenters. The van der Waals surface area contributed by atoms with Crippen molar-refractivity contribution in [3.05, 3.63) is 64.2 Å². The number of fused-ring (bicyclic) bond motifs is 1. The zero-order valence-corrected chi connectivity index (χ0v) is 19.0. The lowest BCUT2D eigenvalue weighted by Crippen LogP contribution is -2.50. The summed E-state index contributed by atoms with van der Waals surface area (Å²) in [7, 11) is 0. The summed E-state index contributed by atoms with van der Waals surface area (Å²) in [6.07, 6.45) is 2.91. The minimum atomic E-state index is -0.412. The van der Waals surface area contributed by atoms with Gasteiger partial charge in [-0.1, -0.05) is 48.9 Å². The molecule has 0 spiro atoms. The number of halogens is 1. The van der Waals surface area contributed by atoms with Gasteiger partial charge < -0.3 is 10.2 Å². The Hall–Kier alpha value is -2.37. The van der Waals surface area contributed by atoms with E-state index in [1.165, 1.54) is 5.56 Å². The molecular formula is C25H30ClN3O2. The van der Waals surface area contributed by atoms with Crippen molar-refractivity contribution in [2.75, 3.05) is 31.5 Å². The molecule has 2 aromatic carbocycles. The number of likely N-dealkylation sites (tertiary alicyclic amines) is 1. The third kappa shape index (κ3) is 4.78. The average molecular weight is 440 g/mol. The number of rotatable bonds is 4. The van der Waals surface area contributed by atoms with Gasteiger partial charge in [0, 0.05) is 30.3 Å². The number of hydrogen-bond acceptors (Lipinski definition) is 3. The van der Waals surface area contributed by atoms with Gasteiger partial charge in [0.05, 0.1) is 6.54 Å². The standard InChI is InChI=1S/C25H30ClN3O2/c1-17-10-13-28(14-11-17)25(31)24-20-7-4-3-6-19(20)12-15-29(24)16-23(30)27-22-9-5-8-21(26)18(22)2/h3-9,17,24H,10-16H2,1-2H3,(H,27,30)/t24-/m0/s1. The Bertz CT molecular complexity index is 969. The molecule has 5 nitrogen and oxygen atoms in total. The SMILES string of the molecule is Cc1c(Cl)cccc1NC(=O)CN1CCc2ccccc2[C@H]1C(=O)N1CCC(C)CC1. The minimum absolute atomic E-state index is 0.116. The molecule has 0 radical (unpaired) electrons. The van der Waals surface area contributed by atoms with Crippen molar-refractivity contribution < 1.29 is 9.59 Å². The summed E-state index contributed by atoms with van der Waals surface area (Å²) in [5, 5.41) is 3.60. The summed E-state index contributed by atoms with van der Waals surface area (Å²) in [6.45, 7) is 6.56.